The van der Waals surface area contributed by atoms with E-state index in [1.54, 1.807) is 30.6 Å². The fraction of sp³-hybridized carbons (Fsp3) is 0.278. The Morgan fingerprint density at radius 3 is 2.93 bits per heavy atom. The Morgan fingerprint density at radius 2 is 2.18 bits per heavy atom. The van der Waals surface area contributed by atoms with E-state index in [0.717, 1.165) is 0 Å². The number of hydrogen-bond donors (Lipinski definition) is 2. The van der Waals surface area contributed by atoms with E-state index in [-0.39, 0.29) is 23.8 Å². The van der Waals surface area contributed by atoms with Crippen LogP contribution in [0.2, 0.25) is 0 Å². The van der Waals surface area contributed by atoms with E-state index in [1.165, 1.54) is 10.9 Å². The van der Waals surface area contributed by atoms with Gasteiger partial charge in [-0.15, -0.1) is 10.2 Å². The van der Waals surface area contributed by atoms with Crippen molar-refractivity contribution in [2.45, 2.75) is 30.8 Å². The van der Waals surface area contributed by atoms with Gasteiger partial charge in [-0.3, -0.25) is 0 Å². The largest absolute Gasteiger partial charge is 0.507 e. The molecule has 2 aromatic heterocycles. The Labute approximate surface area is 158 Å². The minimum Gasteiger partial charge on any atom is -0.507 e. The molecule has 9 nitrogen and oxygen atoms in total. The van der Waals surface area contributed by atoms with Gasteiger partial charge in [0.1, 0.15) is 17.5 Å². The van der Waals surface area contributed by atoms with Crippen molar-refractivity contribution in [3.05, 3.63) is 48.9 Å². The van der Waals surface area contributed by atoms with Crippen molar-refractivity contribution in [2.75, 3.05) is 0 Å². The van der Waals surface area contributed by atoms with Gasteiger partial charge in [-0.2, -0.15) is 0 Å². The second-order valence-corrected chi connectivity index (χ2v) is 6.70. The molecule has 1 aromatic carbocycles. The van der Waals surface area contributed by atoms with Crippen molar-refractivity contribution >= 4 is 0 Å². The molecule has 28 heavy (non-hydrogen) atoms. The van der Waals surface area contributed by atoms with Crippen LogP contribution in [0.5, 0.6) is 11.8 Å². The van der Waals surface area contributed by atoms with E-state index in [2.05, 4.69) is 30.8 Å². The molecule has 2 aliphatic heterocycles. The van der Waals surface area contributed by atoms with Crippen molar-refractivity contribution in [3.8, 4) is 28.7 Å². The van der Waals surface area contributed by atoms with Gasteiger partial charge in [0.15, 0.2) is 6.17 Å². The molecule has 142 valence electrons. The molecule has 1 saturated heterocycles. The average Bonchev–Trinajstić information content (AvgIpc) is 3.37. The maximum absolute atomic E-state index is 14.4. The van der Waals surface area contributed by atoms with Crippen molar-refractivity contribution < 1.29 is 14.2 Å². The average molecular weight is 381 g/mol. The smallest absolute Gasteiger partial charge is 0.336 e. The van der Waals surface area contributed by atoms with Crippen LogP contribution in [-0.4, -0.2) is 59.6 Å². The zero-order valence-electron chi connectivity index (χ0n) is 14.6. The van der Waals surface area contributed by atoms with Crippen molar-refractivity contribution in [3.63, 3.8) is 0 Å². The number of halogens is 1. The van der Waals surface area contributed by atoms with Gasteiger partial charge in [0.25, 0.3) is 0 Å². The highest BCUT2D eigenvalue weighted by molar-refractivity contribution is 5.67. The van der Waals surface area contributed by atoms with E-state index in [0.29, 0.717) is 23.4 Å². The highest BCUT2D eigenvalue weighted by Gasteiger charge is 2.40. The topological polar surface area (TPSA) is 111 Å². The van der Waals surface area contributed by atoms with Crippen LogP contribution in [0.15, 0.2) is 48.9 Å². The zero-order chi connectivity index (χ0) is 19.1. The van der Waals surface area contributed by atoms with Gasteiger partial charge in [-0.1, -0.05) is 22.5 Å². The number of hydrogen-bond acceptors (Lipinski definition) is 8. The summed E-state index contributed by atoms with van der Waals surface area (Å²) in [4.78, 5) is 4.13. The van der Waals surface area contributed by atoms with Gasteiger partial charge in [0.2, 0.25) is 0 Å². The molecule has 2 bridgehead atoms. The summed E-state index contributed by atoms with van der Waals surface area (Å²) in [6, 6.07) is 4.78. The van der Waals surface area contributed by atoms with Gasteiger partial charge in [0.05, 0.1) is 30.3 Å². The monoisotopic (exact) mass is 381 g/mol. The van der Waals surface area contributed by atoms with E-state index >= 15 is 0 Å². The molecule has 3 aromatic rings. The van der Waals surface area contributed by atoms with Crippen molar-refractivity contribution in [1.29, 1.82) is 0 Å². The first-order valence-electron chi connectivity index (χ1n) is 8.82. The Bertz CT molecular complexity index is 1010. The first-order valence-corrected chi connectivity index (χ1v) is 8.82. The van der Waals surface area contributed by atoms with E-state index in [9.17, 15) is 9.50 Å². The van der Waals surface area contributed by atoms with Crippen molar-refractivity contribution in [1.82, 2.24) is 35.5 Å². The van der Waals surface area contributed by atoms with Gasteiger partial charge in [-0.25, -0.2) is 14.1 Å². The van der Waals surface area contributed by atoms with Crippen LogP contribution in [0.3, 0.4) is 0 Å². The predicted octanol–water partition coefficient (Wildman–Crippen LogP) is 1.21. The number of rotatable bonds is 4. The quantitative estimate of drug-likeness (QED) is 0.649. The molecular weight excluding hydrogens is 365 g/mol. The number of nitrogens with zero attached hydrogens (tertiary/aromatic N) is 6. The summed E-state index contributed by atoms with van der Waals surface area (Å²) in [5.41, 5.74) is 1.49. The Balaban J connectivity index is 1.33. The Morgan fingerprint density at radius 1 is 1.25 bits per heavy atom. The molecule has 0 unspecified atom stereocenters. The summed E-state index contributed by atoms with van der Waals surface area (Å²) in [5.74, 6) is 0.00240. The summed E-state index contributed by atoms with van der Waals surface area (Å²) in [6.07, 6.45) is 7.13. The van der Waals surface area contributed by atoms with Gasteiger partial charge in [0, 0.05) is 24.1 Å². The molecular formula is C18H16FN7O2. The summed E-state index contributed by atoms with van der Waals surface area (Å²) >= 11 is 0. The third-order valence-corrected chi connectivity index (χ3v) is 4.88. The number of alkyl halides is 1. The fourth-order valence-corrected chi connectivity index (χ4v) is 3.48. The summed E-state index contributed by atoms with van der Waals surface area (Å²) < 4.78 is 21.6. The van der Waals surface area contributed by atoms with Crippen LogP contribution in [-0.2, 0) is 0 Å². The first-order chi connectivity index (χ1) is 13.7. The molecule has 5 rings (SSSR count). The lowest BCUT2D eigenvalue weighted by molar-refractivity contribution is 0.0438. The minimum absolute atomic E-state index is 0.00240. The molecule has 1 fully saturated rings. The van der Waals surface area contributed by atoms with Crippen LogP contribution >= 0.6 is 0 Å². The Hall–Kier alpha value is -3.40. The molecule has 10 heteroatoms. The molecule has 0 radical (unpaired) electrons. The third kappa shape index (κ3) is 2.97. The molecule has 2 aliphatic rings. The molecule has 0 amide bonds. The predicted molar refractivity (Wildman–Crippen MR) is 95.6 cm³/mol. The lowest BCUT2D eigenvalue weighted by Gasteiger charge is -2.32. The lowest BCUT2D eigenvalue weighted by atomic mass is 9.99. The van der Waals surface area contributed by atoms with Crippen LogP contribution in [0, 0.1) is 0 Å². The van der Waals surface area contributed by atoms with Crippen LogP contribution in [0.1, 0.15) is 6.42 Å². The SMILES string of the molecule is Oc1cc(-n2ccnn2)ccc1-c1cnc(O[C@H]2C[C@@H]3C=C[C@@H](N3)[C@@H]2F)nn1. The van der Waals surface area contributed by atoms with Crippen molar-refractivity contribution in [2.24, 2.45) is 0 Å². The number of phenolic OH excluding ortho intramolecular Hbond substituents is 1. The number of aromatic nitrogens is 6. The summed E-state index contributed by atoms with van der Waals surface area (Å²) in [5, 5.41) is 29.1. The number of piperidine rings is 1. The van der Waals surface area contributed by atoms with E-state index in [1.807, 2.05) is 12.2 Å². The fourth-order valence-electron chi connectivity index (χ4n) is 3.48. The molecule has 0 saturated carbocycles. The third-order valence-electron chi connectivity index (χ3n) is 4.88. The van der Waals surface area contributed by atoms with Crippen LogP contribution in [0.4, 0.5) is 4.39 Å². The number of phenols is 1. The number of ether oxygens (including phenoxy) is 1. The second-order valence-electron chi connectivity index (χ2n) is 6.70. The molecule has 4 heterocycles. The molecule has 0 aliphatic carbocycles. The minimum atomic E-state index is -1.17. The first kappa shape index (κ1) is 16.8. The summed E-state index contributed by atoms with van der Waals surface area (Å²) in [7, 11) is 0. The number of nitrogens with one attached hydrogen (secondary N) is 1. The van der Waals surface area contributed by atoms with Crippen LogP contribution < -0.4 is 10.1 Å². The number of fused-ring (bicyclic) bond motifs is 2. The maximum atomic E-state index is 14.4. The number of aromatic hydroxyl groups is 1. The normalized spacial score (nSPS) is 25.8. The van der Waals surface area contributed by atoms with Gasteiger partial charge >= 0.3 is 6.01 Å². The highest BCUT2D eigenvalue weighted by atomic mass is 19.1. The van der Waals surface area contributed by atoms with Crippen LogP contribution in [0.25, 0.3) is 16.9 Å². The second kappa shape index (κ2) is 6.64. The lowest BCUT2D eigenvalue weighted by Crippen LogP contribution is -2.52. The molecule has 2 N–H and O–H groups in total. The van der Waals surface area contributed by atoms with E-state index in [4.69, 9.17) is 4.74 Å². The van der Waals surface area contributed by atoms with Gasteiger partial charge in [-0.05, 0) is 12.1 Å². The van der Waals surface area contributed by atoms with E-state index < -0.39 is 12.3 Å². The Kier molecular flexibility index (Phi) is 3.97. The maximum Gasteiger partial charge on any atom is 0.336 e. The molecule has 4 atom stereocenters. The zero-order valence-corrected chi connectivity index (χ0v) is 14.6. The van der Waals surface area contributed by atoms with Gasteiger partial charge < -0.3 is 15.2 Å². The standard InChI is InChI=1S/C18H16FN7O2/c19-17-13-4-1-10(22-13)7-16(17)28-18-20-9-14(23-24-18)12-3-2-11(8-15(12)27)26-6-5-21-25-26/h1-6,8-10,13,16-17,22,27H,7H2/t10-,13+,16-,17-/m0/s1. The highest BCUT2D eigenvalue weighted by Crippen LogP contribution is 2.30. The molecule has 0 spiro atoms. The number of benzene rings is 1. The summed E-state index contributed by atoms with van der Waals surface area (Å²) in [6.45, 7) is 0.